The predicted octanol–water partition coefficient (Wildman–Crippen LogP) is 17.1. The first-order valence-electron chi connectivity index (χ1n) is 26.0. The summed E-state index contributed by atoms with van der Waals surface area (Å²) < 4.78 is 16.7. The molecule has 0 amide bonds. The number of unbranched alkanes of at least 4 members (excludes halogenated alkanes) is 20. The van der Waals surface area contributed by atoms with Crippen LogP contribution >= 0.6 is 0 Å². The van der Waals surface area contributed by atoms with E-state index in [1.54, 1.807) is 0 Å². The molecule has 6 heteroatoms. The van der Waals surface area contributed by atoms with E-state index in [0.29, 0.717) is 19.3 Å². The number of rotatable bonds is 45. The standard InChI is InChI=1S/C58H94O6/c1-4-7-10-13-16-19-22-25-27-29-31-33-36-39-42-45-48-51-57(60)63-54-55(53-62-56(59)50-47-44-41-38-35-32-24-21-18-15-12-9-6-3)64-58(61)52-49-46-43-40-37-34-30-28-26-23-20-17-14-11-8-5-2/h8-9,11-12,15,17-18,20-21,24-28,32,35,38,41,55H,4-7,10,13-14,16,19,22-23,29-31,33-34,36-37,39-40,42-54H2,1-3H3/b11-8+,12-9+,18-15+,20-17+,24-21+,27-25+,28-26+,35-32+,41-38+. The molecular weight excluding hydrogens is 793 g/mol. The molecule has 0 fully saturated rings. The average molecular weight is 887 g/mol. The molecule has 0 aromatic rings. The van der Waals surface area contributed by atoms with E-state index in [0.717, 1.165) is 83.5 Å². The van der Waals surface area contributed by atoms with Crippen molar-refractivity contribution in [2.75, 3.05) is 13.2 Å². The van der Waals surface area contributed by atoms with Crippen molar-refractivity contribution in [3.63, 3.8) is 0 Å². The van der Waals surface area contributed by atoms with Gasteiger partial charge in [-0.15, -0.1) is 0 Å². The van der Waals surface area contributed by atoms with E-state index in [2.05, 4.69) is 75.5 Å². The molecule has 362 valence electrons. The highest BCUT2D eigenvalue weighted by Gasteiger charge is 2.19. The van der Waals surface area contributed by atoms with E-state index in [9.17, 15) is 14.4 Å². The van der Waals surface area contributed by atoms with Crippen molar-refractivity contribution in [2.45, 2.75) is 226 Å². The first-order valence-corrected chi connectivity index (χ1v) is 26.0. The van der Waals surface area contributed by atoms with Crippen molar-refractivity contribution in [2.24, 2.45) is 0 Å². The Hall–Kier alpha value is -3.93. The number of hydrogen-bond acceptors (Lipinski definition) is 6. The lowest BCUT2D eigenvalue weighted by molar-refractivity contribution is -0.167. The average Bonchev–Trinajstić information content (AvgIpc) is 3.29. The molecule has 0 rings (SSSR count). The van der Waals surface area contributed by atoms with Gasteiger partial charge in [0.05, 0.1) is 0 Å². The largest absolute Gasteiger partial charge is 0.462 e. The van der Waals surface area contributed by atoms with Gasteiger partial charge >= 0.3 is 17.9 Å². The lowest BCUT2D eigenvalue weighted by Crippen LogP contribution is -2.30. The molecule has 0 aliphatic carbocycles. The van der Waals surface area contributed by atoms with E-state index in [4.69, 9.17) is 14.2 Å². The zero-order chi connectivity index (χ0) is 46.5. The molecule has 0 aliphatic rings. The van der Waals surface area contributed by atoms with Gasteiger partial charge in [0.15, 0.2) is 6.10 Å². The van der Waals surface area contributed by atoms with Crippen LogP contribution in [0.2, 0.25) is 0 Å². The van der Waals surface area contributed by atoms with Crippen LogP contribution < -0.4 is 0 Å². The minimum atomic E-state index is -0.817. The van der Waals surface area contributed by atoms with Gasteiger partial charge in [0.2, 0.25) is 0 Å². The van der Waals surface area contributed by atoms with E-state index in [-0.39, 0.29) is 37.5 Å². The number of allylic oxidation sites excluding steroid dienone is 18. The molecule has 0 N–H and O–H groups in total. The zero-order valence-electron chi connectivity index (χ0n) is 41.3. The van der Waals surface area contributed by atoms with Crippen LogP contribution in [0, 0.1) is 0 Å². The Bertz CT molecular complexity index is 1340. The molecule has 0 radical (unpaired) electrons. The molecule has 0 saturated heterocycles. The summed E-state index contributed by atoms with van der Waals surface area (Å²) in [4.78, 5) is 38.0. The molecule has 0 aromatic heterocycles. The lowest BCUT2D eigenvalue weighted by atomic mass is 10.1. The second kappa shape index (κ2) is 51.7. The summed E-state index contributed by atoms with van der Waals surface area (Å²) in [5, 5.41) is 0. The lowest BCUT2D eigenvalue weighted by Gasteiger charge is -2.18. The first-order chi connectivity index (χ1) is 31.5. The topological polar surface area (TPSA) is 78.9 Å². The number of carbonyl (C=O) groups is 3. The molecule has 0 aromatic carbocycles. The second-order valence-electron chi connectivity index (χ2n) is 16.8. The van der Waals surface area contributed by atoms with Gasteiger partial charge in [0, 0.05) is 19.3 Å². The summed E-state index contributed by atoms with van der Waals surface area (Å²) in [6.07, 6.45) is 69.4. The van der Waals surface area contributed by atoms with Crippen LogP contribution in [0.5, 0.6) is 0 Å². The minimum absolute atomic E-state index is 0.110. The van der Waals surface area contributed by atoms with Gasteiger partial charge in [0.25, 0.3) is 0 Å². The first kappa shape index (κ1) is 60.1. The zero-order valence-corrected chi connectivity index (χ0v) is 41.3. The summed E-state index contributed by atoms with van der Waals surface area (Å²) in [7, 11) is 0. The highest BCUT2D eigenvalue weighted by molar-refractivity contribution is 5.71. The van der Waals surface area contributed by atoms with Crippen LogP contribution in [0.25, 0.3) is 0 Å². The Labute approximate surface area is 393 Å². The number of carbonyl (C=O) groups excluding carboxylic acids is 3. The fourth-order valence-electron chi connectivity index (χ4n) is 6.77. The molecular formula is C58H94O6. The SMILES string of the molecule is CC/C=C/C=C/C=C/C=C/C=C/CCCC(=O)OCC(COC(=O)CCCCCCCCC/C=C/CCCCCCCC)OC(=O)CCCCCCCC/C=C/C/C=C/C/C=C/CC. The maximum Gasteiger partial charge on any atom is 0.306 e. The maximum atomic E-state index is 12.8. The Balaban J connectivity index is 4.50. The normalized spacial score (nSPS) is 13.0. The fourth-order valence-corrected chi connectivity index (χ4v) is 6.77. The van der Waals surface area contributed by atoms with Gasteiger partial charge in [-0.2, -0.15) is 0 Å². The maximum absolute atomic E-state index is 12.8. The minimum Gasteiger partial charge on any atom is -0.462 e. The van der Waals surface area contributed by atoms with E-state index >= 15 is 0 Å². The smallest absolute Gasteiger partial charge is 0.306 e. The fraction of sp³-hybridized carbons (Fsp3) is 0.638. The third-order valence-corrected chi connectivity index (χ3v) is 10.6. The van der Waals surface area contributed by atoms with Gasteiger partial charge in [-0.1, -0.05) is 220 Å². The summed E-state index contributed by atoms with van der Waals surface area (Å²) in [6.45, 7) is 6.29. The van der Waals surface area contributed by atoms with E-state index in [1.165, 1.54) is 89.9 Å². The second-order valence-corrected chi connectivity index (χ2v) is 16.8. The van der Waals surface area contributed by atoms with Crippen molar-refractivity contribution < 1.29 is 28.6 Å². The highest BCUT2D eigenvalue weighted by Crippen LogP contribution is 2.14. The molecule has 1 unspecified atom stereocenters. The Morgan fingerprint density at radius 1 is 0.344 bits per heavy atom. The van der Waals surface area contributed by atoms with Crippen molar-refractivity contribution in [3.05, 3.63) is 109 Å². The van der Waals surface area contributed by atoms with Gasteiger partial charge in [-0.05, 0) is 89.9 Å². The van der Waals surface area contributed by atoms with E-state index < -0.39 is 6.10 Å². The Morgan fingerprint density at radius 3 is 1.20 bits per heavy atom. The van der Waals surface area contributed by atoms with Crippen molar-refractivity contribution in [1.29, 1.82) is 0 Å². The quantitative estimate of drug-likeness (QED) is 0.0199. The van der Waals surface area contributed by atoms with Crippen molar-refractivity contribution in [1.82, 2.24) is 0 Å². The summed E-state index contributed by atoms with van der Waals surface area (Å²) in [5.41, 5.74) is 0. The van der Waals surface area contributed by atoms with Crippen LogP contribution in [0.4, 0.5) is 0 Å². The molecule has 0 spiro atoms. The Morgan fingerprint density at radius 2 is 0.703 bits per heavy atom. The monoisotopic (exact) mass is 887 g/mol. The number of ether oxygens (including phenoxy) is 3. The van der Waals surface area contributed by atoms with Crippen LogP contribution in [0.15, 0.2) is 109 Å². The third-order valence-electron chi connectivity index (χ3n) is 10.6. The van der Waals surface area contributed by atoms with Crippen molar-refractivity contribution in [3.8, 4) is 0 Å². The molecule has 1 atom stereocenters. The van der Waals surface area contributed by atoms with Gasteiger partial charge in [-0.25, -0.2) is 0 Å². The number of esters is 3. The van der Waals surface area contributed by atoms with Crippen LogP contribution in [0.3, 0.4) is 0 Å². The van der Waals surface area contributed by atoms with Crippen LogP contribution in [0.1, 0.15) is 220 Å². The third kappa shape index (κ3) is 49.1. The predicted molar refractivity (Wildman–Crippen MR) is 274 cm³/mol. The summed E-state index contributed by atoms with van der Waals surface area (Å²) in [5.74, 6) is -1.01. The molecule has 0 aliphatic heterocycles. The molecule has 64 heavy (non-hydrogen) atoms. The van der Waals surface area contributed by atoms with Gasteiger partial charge in [0.1, 0.15) is 13.2 Å². The van der Waals surface area contributed by atoms with Crippen LogP contribution in [-0.2, 0) is 28.6 Å². The molecule has 0 heterocycles. The highest BCUT2D eigenvalue weighted by atomic mass is 16.6. The summed E-state index contributed by atoms with van der Waals surface area (Å²) >= 11 is 0. The molecule has 0 bridgehead atoms. The van der Waals surface area contributed by atoms with Gasteiger partial charge < -0.3 is 14.2 Å². The summed E-state index contributed by atoms with van der Waals surface area (Å²) in [6, 6.07) is 0. The van der Waals surface area contributed by atoms with Gasteiger partial charge in [-0.3, -0.25) is 14.4 Å². The van der Waals surface area contributed by atoms with Crippen LogP contribution in [-0.4, -0.2) is 37.2 Å². The van der Waals surface area contributed by atoms with E-state index in [1.807, 2.05) is 54.7 Å². The molecule has 6 nitrogen and oxygen atoms in total. The molecule has 0 saturated carbocycles. The van der Waals surface area contributed by atoms with Crippen molar-refractivity contribution >= 4 is 17.9 Å². The number of hydrogen-bond donors (Lipinski definition) is 0. The Kier molecular flexibility index (Phi) is 48.5.